The van der Waals surface area contributed by atoms with Gasteiger partial charge < -0.3 is 0 Å². The molecule has 0 radical (unpaired) electrons. The molecule has 4 rings (SSSR count). The lowest BCUT2D eigenvalue weighted by Crippen LogP contribution is -1.65. The third-order valence-corrected chi connectivity index (χ3v) is 1.58. The quantitative estimate of drug-likeness (QED) is 0.682. The third-order valence-electron chi connectivity index (χ3n) is 1.58. The highest BCUT2D eigenvalue weighted by atomic mass is 15.5. The number of nitrogens with one attached hydrogen (secondary N) is 2. The van der Waals surface area contributed by atoms with Crippen molar-refractivity contribution in [1.82, 2.24) is 36.0 Å². The molecule has 0 saturated carbocycles. The van der Waals surface area contributed by atoms with E-state index in [-0.39, 0.29) is 0 Å². The van der Waals surface area contributed by atoms with E-state index >= 15 is 0 Å². The Hall–Kier alpha value is -3.04. The van der Waals surface area contributed by atoms with Crippen molar-refractivity contribution in [2.75, 3.05) is 13.1 Å². The van der Waals surface area contributed by atoms with E-state index in [4.69, 9.17) is 0 Å². The number of hydrogen-bond donors (Lipinski definition) is 2. The lowest BCUT2D eigenvalue weighted by Gasteiger charge is -1.60. The van der Waals surface area contributed by atoms with Gasteiger partial charge in [-0.25, -0.2) is 4.99 Å². The van der Waals surface area contributed by atoms with Crippen LogP contribution in [-0.4, -0.2) is 67.9 Å². The highest BCUT2D eigenvalue weighted by Gasteiger charge is 1.73. The molecule has 0 amide bonds. The molecule has 0 aromatic carbocycles. The topological polar surface area (TPSA) is 133 Å². The first kappa shape index (κ1) is 15.0. The molecule has 2 N–H and O–H groups in total. The molecule has 10 heteroatoms. The molecule has 104 valence electrons. The van der Waals surface area contributed by atoms with Crippen molar-refractivity contribution in [2.24, 2.45) is 15.0 Å². The first-order valence-corrected chi connectivity index (χ1v) is 5.61. The molecule has 0 aliphatic carbocycles. The molecule has 10 nitrogen and oxygen atoms in total. The van der Waals surface area contributed by atoms with E-state index in [1.807, 2.05) is 12.2 Å². The standard InChI is InChI=1S/C4H5N.C3H4N2.C2H3N3.CH2N4/c1-2-4-5-3-1;1-2-5-3-4-1;2*1-2-4-5-3-1/h1-3H,4H2;1,3H,2H2;1-2H,(H,3,4,5);1H,(H,2,3,4,5). The minimum atomic E-state index is 0.778. The molecule has 2 aromatic rings. The van der Waals surface area contributed by atoms with Gasteiger partial charge in [-0.3, -0.25) is 9.98 Å². The maximum absolute atomic E-state index is 3.85. The Kier molecular flexibility index (Phi) is 9.33. The summed E-state index contributed by atoms with van der Waals surface area (Å²) in [7, 11) is 0. The zero-order chi connectivity index (χ0) is 14.1. The molecule has 2 aromatic heterocycles. The van der Waals surface area contributed by atoms with Crippen LogP contribution < -0.4 is 0 Å². The van der Waals surface area contributed by atoms with Crippen molar-refractivity contribution in [2.45, 2.75) is 0 Å². The Bertz CT molecular complexity index is 393. The normalized spacial score (nSPS) is 12.8. The SMILES string of the molecule is C1=CCN=C1.C1=NC=NC1.c1cn[nH]n1.c1nn[nH]n1. The summed E-state index contributed by atoms with van der Waals surface area (Å²) in [5.41, 5.74) is 0. The molecule has 0 saturated heterocycles. The molecule has 0 bridgehead atoms. The number of aliphatic imine (C=N–C) groups is 3. The van der Waals surface area contributed by atoms with Crippen LogP contribution in [0.15, 0.2) is 45.9 Å². The van der Waals surface area contributed by atoms with Gasteiger partial charge in [0.25, 0.3) is 0 Å². The van der Waals surface area contributed by atoms with Gasteiger partial charge >= 0.3 is 0 Å². The van der Waals surface area contributed by atoms with Crippen molar-refractivity contribution in [3.8, 4) is 0 Å². The van der Waals surface area contributed by atoms with Crippen molar-refractivity contribution in [3.63, 3.8) is 0 Å². The lowest BCUT2D eigenvalue weighted by atomic mass is 10.6. The molecule has 2 aliphatic rings. The Morgan fingerprint density at radius 3 is 2.00 bits per heavy atom. The van der Waals surface area contributed by atoms with E-state index in [9.17, 15) is 0 Å². The van der Waals surface area contributed by atoms with Gasteiger partial charge in [0, 0.05) is 12.4 Å². The van der Waals surface area contributed by atoms with Crippen LogP contribution in [0.4, 0.5) is 0 Å². The van der Waals surface area contributed by atoms with Gasteiger partial charge in [0.2, 0.25) is 0 Å². The predicted molar refractivity (Wildman–Crippen MR) is 74.9 cm³/mol. The minimum absolute atomic E-state index is 0.778. The first-order valence-electron chi connectivity index (χ1n) is 5.61. The molecule has 0 fully saturated rings. The molecule has 0 atom stereocenters. The second kappa shape index (κ2) is 12.4. The number of nitrogens with zero attached hydrogens (tertiary/aromatic N) is 8. The number of tetrazole rings is 1. The number of allylic oxidation sites excluding steroid dienone is 1. The summed E-state index contributed by atoms with van der Waals surface area (Å²) in [5.74, 6) is 0. The second-order valence-electron chi connectivity index (χ2n) is 2.97. The van der Waals surface area contributed by atoms with E-state index in [0.717, 1.165) is 13.1 Å². The van der Waals surface area contributed by atoms with Gasteiger partial charge in [0.05, 0.1) is 25.5 Å². The predicted octanol–water partition coefficient (Wildman–Crippen LogP) is -0.270. The summed E-state index contributed by atoms with van der Waals surface area (Å²) in [6.45, 7) is 1.67. The van der Waals surface area contributed by atoms with Crippen molar-refractivity contribution in [1.29, 1.82) is 0 Å². The molecular weight excluding hydrogens is 260 g/mol. The number of rotatable bonds is 0. The molecule has 20 heavy (non-hydrogen) atoms. The lowest BCUT2D eigenvalue weighted by molar-refractivity contribution is 0.881. The average Bonchev–Trinajstić information content (AvgIpc) is 3.40. The van der Waals surface area contributed by atoms with E-state index < -0.39 is 0 Å². The highest BCUT2D eigenvalue weighted by molar-refractivity contribution is 5.79. The highest BCUT2D eigenvalue weighted by Crippen LogP contribution is 1.78. The molecule has 2 aliphatic heterocycles. The monoisotopic (exact) mass is 274 g/mol. The summed E-state index contributed by atoms with van der Waals surface area (Å²) >= 11 is 0. The second-order valence-corrected chi connectivity index (χ2v) is 2.97. The van der Waals surface area contributed by atoms with Gasteiger partial charge in [-0.05, 0) is 6.08 Å². The van der Waals surface area contributed by atoms with Crippen LogP contribution in [-0.2, 0) is 0 Å². The molecular formula is C10H14N10. The molecule has 0 unspecified atom stereocenters. The van der Waals surface area contributed by atoms with Crippen LogP contribution in [0.5, 0.6) is 0 Å². The Labute approximate surface area is 114 Å². The fraction of sp³-hybridized carbons (Fsp3) is 0.200. The van der Waals surface area contributed by atoms with Gasteiger partial charge in [0.1, 0.15) is 6.34 Å². The zero-order valence-electron chi connectivity index (χ0n) is 10.6. The Morgan fingerprint density at radius 1 is 0.900 bits per heavy atom. The third kappa shape index (κ3) is 10.1. The average molecular weight is 274 g/mol. The fourth-order valence-corrected chi connectivity index (χ4v) is 0.836. The van der Waals surface area contributed by atoms with Gasteiger partial charge in [-0.2, -0.15) is 20.6 Å². The zero-order valence-corrected chi connectivity index (χ0v) is 10.6. The maximum Gasteiger partial charge on any atom is 0.161 e. The van der Waals surface area contributed by atoms with Crippen molar-refractivity contribution >= 4 is 18.8 Å². The summed E-state index contributed by atoms with van der Waals surface area (Å²) in [5, 5.41) is 21.5. The number of H-pyrrole nitrogens is 2. The number of aromatic amines is 2. The van der Waals surface area contributed by atoms with Crippen LogP contribution in [0, 0.1) is 0 Å². The van der Waals surface area contributed by atoms with Gasteiger partial charge in [-0.15, -0.1) is 10.2 Å². The number of hydrogen-bond acceptors (Lipinski definition) is 8. The molecule has 0 spiro atoms. The van der Waals surface area contributed by atoms with Crippen LogP contribution in [0.3, 0.4) is 0 Å². The van der Waals surface area contributed by atoms with Gasteiger partial charge in [0.15, 0.2) is 6.33 Å². The smallest absolute Gasteiger partial charge is 0.161 e. The van der Waals surface area contributed by atoms with Gasteiger partial charge in [-0.1, -0.05) is 11.3 Å². The largest absolute Gasteiger partial charge is 0.289 e. The van der Waals surface area contributed by atoms with E-state index in [1.165, 1.54) is 6.33 Å². The molecule has 4 heterocycles. The summed E-state index contributed by atoms with van der Waals surface area (Å²) in [4.78, 5) is 11.2. The van der Waals surface area contributed by atoms with E-state index in [0.29, 0.717) is 0 Å². The summed E-state index contributed by atoms with van der Waals surface area (Å²) in [6.07, 6.45) is 13.6. The van der Waals surface area contributed by atoms with E-state index in [1.54, 1.807) is 31.2 Å². The van der Waals surface area contributed by atoms with Crippen LogP contribution >= 0.6 is 0 Å². The number of aromatic nitrogens is 7. The maximum atomic E-state index is 3.85. The minimum Gasteiger partial charge on any atom is -0.289 e. The van der Waals surface area contributed by atoms with Crippen LogP contribution in [0.2, 0.25) is 0 Å². The van der Waals surface area contributed by atoms with Crippen molar-refractivity contribution < 1.29 is 0 Å². The summed E-state index contributed by atoms with van der Waals surface area (Å²) in [6, 6.07) is 0. The Balaban J connectivity index is 0.000000133. The Morgan fingerprint density at radius 2 is 1.80 bits per heavy atom. The first-order chi connectivity index (χ1) is 10.0. The van der Waals surface area contributed by atoms with Crippen molar-refractivity contribution in [3.05, 3.63) is 30.9 Å². The summed E-state index contributed by atoms with van der Waals surface area (Å²) < 4.78 is 0. The fourth-order valence-electron chi connectivity index (χ4n) is 0.836. The van der Waals surface area contributed by atoms with Crippen LogP contribution in [0.25, 0.3) is 0 Å². The van der Waals surface area contributed by atoms with E-state index in [2.05, 4.69) is 51.0 Å². The van der Waals surface area contributed by atoms with Crippen LogP contribution in [0.1, 0.15) is 0 Å².